The van der Waals surface area contributed by atoms with E-state index < -0.39 is 23.5 Å². The molecule has 0 atom stereocenters. The number of aromatic nitrogens is 4. The van der Waals surface area contributed by atoms with Crippen molar-refractivity contribution in [3.8, 4) is 62.1 Å². The number of benzene rings is 7. The van der Waals surface area contributed by atoms with E-state index in [4.69, 9.17) is 15.0 Å². The van der Waals surface area contributed by atoms with Crippen molar-refractivity contribution in [3.63, 3.8) is 0 Å². The summed E-state index contributed by atoms with van der Waals surface area (Å²) in [5.41, 5.74) is 3.82. The SMILES string of the molecule is Cc1ccc(-c2ccc3c4ccccc4n(-c4ccc(-c5cc(C(F)(F)F)cc(C(F)(F)F)c5)c(-c5nc(-c6ccccc6)nc(-c6ccccc6)n5)c4)c3c2)cc1. The molecule has 284 valence electrons. The van der Waals surface area contributed by atoms with Gasteiger partial charge in [-0.2, -0.15) is 26.3 Å². The monoisotopic (exact) mass is 776 g/mol. The zero-order valence-corrected chi connectivity index (χ0v) is 30.6. The molecule has 0 N–H and O–H groups in total. The summed E-state index contributed by atoms with van der Waals surface area (Å²) < 4.78 is 87.7. The lowest BCUT2D eigenvalue weighted by molar-refractivity contribution is -0.143. The minimum Gasteiger partial charge on any atom is -0.309 e. The first-order valence-electron chi connectivity index (χ1n) is 18.3. The summed E-state index contributed by atoms with van der Waals surface area (Å²) in [7, 11) is 0. The van der Waals surface area contributed by atoms with Gasteiger partial charge in [0.2, 0.25) is 0 Å². The Kier molecular flexibility index (Phi) is 8.92. The maximum Gasteiger partial charge on any atom is 0.416 e. The van der Waals surface area contributed by atoms with Gasteiger partial charge in [0.05, 0.1) is 22.2 Å². The van der Waals surface area contributed by atoms with Gasteiger partial charge in [0.15, 0.2) is 17.5 Å². The molecule has 0 bridgehead atoms. The number of para-hydroxylation sites is 1. The lowest BCUT2D eigenvalue weighted by Gasteiger charge is -2.18. The first kappa shape index (κ1) is 36.6. The van der Waals surface area contributed by atoms with Crippen molar-refractivity contribution < 1.29 is 26.3 Å². The molecule has 0 aliphatic carbocycles. The van der Waals surface area contributed by atoms with E-state index >= 15 is 0 Å². The first-order valence-corrected chi connectivity index (χ1v) is 18.3. The van der Waals surface area contributed by atoms with Crippen LogP contribution in [0.2, 0.25) is 0 Å². The number of alkyl halides is 6. The summed E-state index contributed by atoms with van der Waals surface area (Å²) in [6.07, 6.45) is -10.1. The van der Waals surface area contributed by atoms with Gasteiger partial charge in [-0.05, 0) is 71.6 Å². The highest BCUT2D eigenvalue weighted by Gasteiger charge is 2.37. The van der Waals surface area contributed by atoms with E-state index in [1.807, 2.05) is 109 Å². The van der Waals surface area contributed by atoms with Crippen LogP contribution in [0.25, 0.3) is 83.9 Å². The van der Waals surface area contributed by atoms with Crippen LogP contribution in [-0.4, -0.2) is 19.5 Å². The van der Waals surface area contributed by atoms with Crippen molar-refractivity contribution in [3.05, 3.63) is 180 Å². The van der Waals surface area contributed by atoms with Crippen molar-refractivity contribution in [2.75, 3.05) is 0 Å². The van der Waals surface area contributed by atoms with E-state index in [1.165, 1.54) is 0 Å². The predicted octanol–water partition coefficient (Wildman–Crippen LogP) is 13.6. The molecule has 7 aromatic carbocycles. The molecule has 0 radical (unpaired) electrons. The molecular formula is C48H30F6N4. The van der Waals surface area contributed by atoms with E-state index in [2.05, 4.69) is 30.3 Å². The summed E-state index contributed by atoms with van der Waals surface area (Å²) in [5.74, 6) is 0.623. The minimum absolute atomic E-state index is 0.0663. The second-order valence-electron chi connectivity index (χ2n) is 14.0. The van der Waals surface area contributed by atoms with Crippen LogP contribution in [0.3, 0.4) is 0 Å². The Morgan fingerprint density at radius 3 is 1.53 bits per heavy atom. The molecule has 0 amide bonds. The molecule has 2 aromatic heterocycles. The van der Waals surface area contributed by atoms with Crippen molar-refractivity contribution in [2.24, 2.45) is 0 Å². The molecule has 0 spiro atoms. The van der Waals surface area contributed by atoms with Gasteiger partial charge in [0, 0.05) is 33.2 Å². The van der Waals surface area contributed by atoms with Crippen molar-refractivity contribution in [1.82, 2.24) is 19.5 Å². The Balaban J connectivity index is 1.36. The molecule has 9 rings (SSSR count). The van der Waals surface area contributed by atoms with E-state index in [0.717, 1.165) is 50.6 Å². The summed E-state index contributed by atoms with van der Waals surface area (Å²) >= 11 is 0. The normalized spacial score (nSPS) is 12.1. The van der Waals surface area contributed by atoms with Crippen LogP contribution >= 0.6 is 0 Å². The summed E-state index contributed by atoms with van der Waals surface area (Å²) in [4.78, 5) is 14.5. The Morgan fingerprint density at radius 1 is 0.397 bits per heavy atom. The van der Waals surface area contributed by atoms with Crippen molar-refractivity contribution in [2.45, 2.75) is 19.3 Å². The second-order valence-corrected chi connectivity index (χ2v) is 14.0. The van der Waals surface area contributed by atoms with Crippen LogP contribution in [-0.2, 0) is 12.4 Å². The maximum atomic E-state index is 14.3. The average molecular weight is 777 g/mol. The van der Waals surface area contributed by atoms with Crippen LogP contribution in [0.1, 0.15) is 16.7 Å². The minimum atomic E-state index is -5.05. The first-order chi connectivity index (χ1) is 27.9. The molecule has 0 unspecified atom stereocenters. The third-order valence-electron chi connectivity index (χ3n) is 10.2. The summed E-state index contributed by atoms with van der Waals surface area (Å²) in [5, 5.41) is 1.92. The molecule has 0 fully saturated rings. The highest BCUT2D eigenvalue weighted by molar-refractivity contribution is 6.10. The molecule has 10 heteroatoms. The largest absolute Gasteiger partial charge is 0.416 e. The molecule has 0 saturated heterocycles. The number of rotatable bonds is 6. The number of nitrogens with zero attached hydrogens (tertiary/aromatic N) is 4. The number of halogens is 6. The van der Waals surface area contributed by atoms with Crippen LogP contribution in [0.5, 0.6) is 0 Å². The van der Waals surface area contributed by atoms with Gasteiger partial charge in [0.1, 0.15) is 0 Å². The van der Waals surface area contributed by atoms with Gasteiger partial charge in [-0.15, -0.1) is 0 Å². The summed E-state index contributed by atoms with van der Waals surface area (Å²) in [6.45, 7) is 2.02. The van der Waals surface area contributed by atoms with E-state index in [1.54, 1.807) is 18.2 Å². The molecule has 2 heterocycles. The lowest BCUT2D eigenvalue weighted by atomic mass is 9.94. The van der Waals surface area contributed by atoms with Crippen LogP contribution < -0.4 is 0 Å². The third-order valence-corrected chi connectivity index (χ3v) is 10.2. The summed E-state index contributed by atoms with van der Waals surface area (Å²) in [6, 6.07) is 47.0. The van der Waals surface area contributed by atoms with Gasteiger partial charge in [-0.25, -0.2) is 15.0 Å². The van der Waals surface area contributed by atoms with Gasteiger partial charge in [-0.1, -0.05) is 127 Å². The van der Waals surface area contributed by atoms with Gasteiger partial charge < -0.3 is 4.57 Å². The highest BCUT2D eigenvalue weighted by Crippen LogP contribution is 2.43. The second kappa shape index (κ2) is 14.1. The fraction of sp³-hybridized carbons (Fsp3) is 0.0625. The Labute approximate surface area is 328 Å². The van der Waals surface area contributed by atoms with Crippen LogP contribution in [0, 0.1) is 6.92 Å². The number of fused-ring (bicyclic) bond motifs is 3. The van der Waals surface area contributed by atoms with Crippen LogP contribution in [0.15, 0.2) is 164 Å². The van der Waals surface area contributed by atoms with E-state index in [9.17, 15) is 26.3 Å². The molecule has 4 nitrogen and oxygen atoms in total. The highest BCUT2D eigenvalue weighted by atomic mass is 19.4. The predicted molar refractivity (Wildman–Crippen MR) is 216 cm³/mol. The molecule has 0 saturated carbocycles. The van der Waals surface area contributed by atoms with Gasteiger partial charge >= 0.3 is 12.4 Å². The molecule has 0 aliphatic heterocycles. The van der Waals surface area contributed by atoms with Gasteiger partial charge in [-0.3, -0.25) is 0 Å². The molecule has 58 heavy (non-hydrogen) atoms. The standard InChI is InChI=1S/C48H30F6N4/c1-29-16-18-30(19-17-29)33-20-22-40-39-14-8-9-15-42(39)58(43(40)26-33)37-21-23-38(34-24-35(47(49,50)51)27-36(25-34)48(52,53)54)41(28-37)46-56-44(31-10-4-2-5-11-31)55-45(57-46)32-12-6-3-7-13-32/h2-28H,1H3. The van der Waals surface area contributed by atoms with E-state index in [0.29, 0.717) is 16.8 Å². The van der Waals surface area contributed by atoms with Crippen LogP contribution in [0.4, 0.5) is 26.3 Å². The smallest absolute Gasteiger partial charge is 0.309 e. The third kappa shape index (κ3) is 6.87. The number of hydrogen-bond donors (Lipinski definition) is 0. The Hall–Kier alpha value is -7.07. The average Bonchev–Trinajstić information content (AvgIpc) is 3.57. The van der Waals surface area contributed by atoms with Crippen molar-refractivity contribution >= 4 is 21.8 Å². The molecule has 0 aliphatic rings. The zero-order chi connectivity index (χ0) is 40.2. The molecular weight excluding hydrogens is 747 g/mol. The van der Waals surface area contributed by atoms with E-state index in [-0.39, 0.29) is 40.2 Å². The quantitative estimate of drug-likeness (QED) is 0.158. The molecule has 9 aromatic rings. The fourth-order valence-corrected chi connectivity index (χ4v) is 7.32. The fourth-order valence-electron chi connectivity index (χ4n) is 7.32. The zero-order valence-electron chi connectivity index (χ0n) is 30.6. The maximum absolute atomic E-state index is 14.3. The number of hydrogen-bond acceptors (Lipinski definition) is 3. The topological polar surface area (TPSA) is 43.6 Å². The Bertz CT molecular complexity index is 2880. The van der Waals surface area contributed by atoms with Gasteiger partial charge in [0.25, 0.3) is 0 Å². The lowest BCUT2D eigenvalue weighted by Crippen LogP contribution is -2.11. The number of aryl methyl sites for hydroxylation is 1. The Morgan fingerprint density at radius 2 is 0.931 bits per heavy atom. The van der Waals surface area contributed by atoms with Crippen molar-refractivity contribution in [1.29, 1.82) is 0 Å².